The number of hydrogen-bond donors (Lipinski definition) is 1. The van der Waals surface area contributed by atoms with Gasteiger partial charge in [-0.25, -0.2) is 4.98 Å². The Labute approximate surface area is 117 Å². The van der Waals surface area contributed by atoms with Gasteiger partial charge >= 0.3 is 0 Å². The third kappa shape index (κ3) is 3.89. The first-order chi connectivity index (χ1) is 9.06. The summed E-state index contributed by atoms with van der Waals surface area (Å²) in [4.78, 5) is 6.84. The molecule has 4 nitrogen and oxygen atoms in total. The molecule has 0 bridgehead atoms. The maximum absolute atomic E-state index is 9.53. The van der Waals surface area contributed by atoms with Crippen molar-refractivity contribution in [3.63, 3.8) is 0 Å². The molecule has 2 aromatic heterocycles. The highest BCUT2D eigenvalue weighted by Crippen LogP contribution is 2.24. The molecule has 104 valence electrons. The molecule has 0 saturated heterocycles. The second-order valence-corrected chi connectivity index (χ2v) is 5.89. The third-order valence-corrected chi connectivity index (χ3v) is 3.85. The maximum atomic E-state index is 9.53. The lowest BCUT2D eigenvalue weighted by Gasteiger charge is -2.26. The summed E-state index contributed by atoms with van der Waals surface area (Å²) in [6, 6.07) is 2.30. The zero-order chi connectivity index (χ0) is 13.8. The number of rotatable bonds is 6. The van der Waals surface area contributed by atoms with Gasteiger partial charge in [-0.15, -0.1) is 11.3 Å². The van der Waals surface area contributed by atoms with E-state index in [1.807, 2.05) is 13.0 Å². The molecule has 0 fully saturated rings. The van der Waals surface area contributed by atoms with E-state index < -0.39 is 0 Å². The lowest BCUT2D eigenvalue weighted by Crippen LogP contribution is -2.36. The van der Waals surface area contributed by atoms with Gasteiger partial charge in [-0.2, -0.15) is 0 Å². The maximum Gasteiger partial charge on any atom is 0.126 e. The number of furan rings is 1. The highest BCUT2D eigenvalue weighted by atomic mass is 32.1. The zero-order valence-electron chi connectivity index (χ0n) is 11.5. The Kier molecular flexibility index (Phi) is 4.74. The largest absolute Gasteiger partial charge is 0.472 e. The van der Waals surface area contributed by atoms with E-state index in [0.717, 1.165) is 22.8 Å². The molecular formula is C14H20N2O2S. The van der Waals surface area contributed by atoms with Crippen molar-refractivity contribution >= 4 is 11.3 Å². The summed E-state index contributed by atoms with van der Waals surface area (Å²) in [5.41, 5.74) is 2.05. The van der Waals surface area contributed by atoms with E-state index >= 15 is 0 Å². The molecule has 0 aliphatic rings. The minimum absolute atomic E-state index is 0.325. The molecule has 1 N–H and O–H groups in total. The van der Waals surface area contributed by atoms with Crippen LogP contribution in [0, 0.1) is 0 Å². The summed E-state index contributed by atoms with van der Waals surface area (Å²) in [5.74, 6) is 0. The first-order valence-electron chi connectivity index (χ1n) is 6.45. The number of thiazole rings is 1. The molecular weight excluding hydrogens is 260 g/mol. The molecule has 1 unspecified atom stereocenters. The third-order valence-electron chi connectivity index (χ3n) is 2.91. The fourth-order valence-electron chi connectivity index (χ4n) is 1.90. The lowest BCUT2D eigenvalue weighted by atomic mass is 10.2. The summed E-state index contributed by atoms with van der Waals surface area (Å²) in [6.45, 7) is 7.50. The Morgan fingerprint density at radius 3 is 2.79 bits per heavy atom. The summed E-state index contributed by atoms with van der Waals surface area (Å²) >= 11 is 1.62. The number of nitrogens with zero attached hydrogens (tertiary/aromatic N) is 2. The van der Waals surface area contributed by atoms with Crippen LogP contribution in [-0.2, 0) is 6.54 Å². The summed E-state index contributed by atoms with van der Waals surface area (Å²) < 4.78 is 5.07. The minimum Gasteiger partial charge on any atom is -0.472 e. The van der Waals surface area contributed by atoms with Crippen LogP contribution in [0.15, 0.2) is 28.4 Å². The number of hydrogen-bond acceptors (Lipinski definition) is 5. The van der Waals surface area contributed by atoms with E-state index in [-0.39, 0.29) is 6.10 Å². The van der Waals surface area contributed by atoms with Crippen LogP contribution in [0.4, 0.5) is 0 Å². The SMILES string of the molecule is CC(O)CN(Cc1csc(-c2ccoc2)n1)C(C)C. The average Bonchev–Trinajstić information content (AvgIpc) is 2.97. The Bertz CT molecular complexity index is 491. The highest BCUT2D eigenvalue weighted by Gasteiger charge is 2.15. The highest BCUT2D eigenvalue weighted by molar-refractivity contribution is 7.13. The lowest BCUT2D eigenvalue weighted by molar-refractivity contribution is 0.102. The summed E-state index contributed by atoms with van der Waals surface area (Å²) in [7, 11) is 0. The number of aliphatic hydroxyl groups is 1. The smallest absolute Gasteiger partial charge is 0.126 e. The zero-order valence-corrected chi connectivity index (χ0v) is 12.4. The average molecular weight is 280 g/mol. The summed E-state index contributed by atoms with van der Waals surface area (Å²) in [5, 5.41) is 12.6. The van der Waals surface area contributed by atoms with E-state index in [9.17, 15) is 5.11 Å². The Balaban J connectivity index is 2.06. The van der Waals surface area contributed by atoms with Crippen molar-refractivity contribution in [1.29, 1.82) is 0 Å². The molecule has 0 aliphatic carbocycles. The van der Waals surface area contributed by atoms with Crippen LogP contribution in [0.1, 0.15) is 26.5 Å². The van der Waals surface area contributed by atoms with E-state index in [0.29, 0.717) is 12.6 Å². The Morgan fingerprint density at radius 1 is 1.42 bits per heavy atom. The van der Waals surface area contributed by atoms with Crippen molar-refractivity contribution in [2.45, 2.75) is 39.5 Å². The van der Waals surface area contributed by atoms with Gasteiger partial charge in [0, 0.05) is 30.1 Å². The molecule has 0 aromatic carbocycles. The monoisotopic (exact) mass is 280 g/mol. The predicted octanol–water partition coefficient (Wildman–Crippen LogP) is 2.99. The van der Waals surface area contributed by atoms with E-state index in [2.05, 4.69) is 29.1 Å². The number of aromatic nitrogens is 1. The van der Waals surface area contributed by atoms with Crippen molar-refractivity contribution in [2.24, 2.45) is 0 Å². The molecule has 2 rings (SSSR count). The van der Waals surface area contributed by atoms with Gasteiger partial charge in [-0.05, 0) is 26.8 Å². The van der Waals surface area contributed by atoms with E-state index in [1.165, 1.54) is 0 Å². The van der Waals surface area contributed by atoms with Gasteiger partial charge in [0.2, 0.25) is 0 Å². The second kappa shape index (κ2) is 6.32. The van der Waals surface area contributed by atoms with E-state index in [1.54, 1.807) is 23.9 Å². The first kappa shape index (κ1) is 14.2. The van der Waals surface area contributed by atoms with Crippen LogP contribution >= 0.6 is 11.3 Å². The van der Waals surface area contributed by atoms with Gasteiger partial charge in [-0.1, -0.05) is 0 Å². The molecule has 2 aromatic rings. The number of aliphatic hydroxyl groups excluding tert-OH is 1. The van der Waals surface area contributed by atoms with Gasteiger partial charge in [0.25, 0.3) is 0 Å². The van der Waals surface area contributed by atoms with Crippen LogP contribution in [0.25, 0.3) is 10.6 Å². The molecule has 0 amide bonds. The quantitative estimate of drug-likeness (QED) is 0.883. The molecule has 0 radical (unpaired) electrons. The van der Waals surface area contributed by atoms with Crippen molar-refractivity contribution in [2.75, 3.05) is 6.54 Å². The van der Waals surface area contributed by atoms with Crippen LogP contribution in [-0.4, -0.2) is 33.7 Å². The van der Waals surface area contributed by atoms with Gasteiger partial charge in [0.15, 0.2) is 0 Å². The van der Waals surface area contributed by atoms with Crippen LogP contribution < -0.4 is 0 Å². The Morgan fingerprint density at radius 2 is 2.21 bits per heavy atom. The van der Waals surface area contributed by atoms with Crippen LogP contribution in [0.5, 0.6) is 0 Å². The van der Waals surface area contributed by atoms with Gasteiger partial charge < -0.3 is 9.52 Å². The molecule has 0 aliphatic heterocycles. The molecule has 0 spiro atoms. The van der Waals surface area contributed by atoms with Gasteiger partial charge in [0.1, 0.15) is 11.3 Å². The van der Waals surface area contributed by atoms with Gasteiger partial charge in [0.05, 0.1) is 18.1 Å². The normalized spacial score (nSPS) is 13.4. The molecule has 19 heavy (non-hydrogen) atoms. The first-order valence-corrected chi connectivity index (χ1v) is 7.33. The topological polar surface area (TPSA) is 49.5 Å². The minimum atomic E-state index is -0.325. The predicted molar refractivity (Wildman–Crippen MR) is 77.0 cm³/mol. The molecule has 5 heteroatoms. The van der Waals surface area contributed by atoms with Gasteiger partial charge in [-0.3, -0.25) is 4.90 Å². The van der Waals surface area contributed by atoms with Crippen molar-refractivity contribution in [3.05, 3.63) is 29.7 Å². The molecule has 0 saturated carbocycles. The Hall–Kier alpha value is -1.17. The van der Waals surface area contributed by atoms with Crippen molar-refractivity contribution in [3.8, 4) is 10.6 Å². The standard InChI is InChI=1S/C14H20N2O2S/c1-10(2)16(6-11(3)17)7-13-9-19-14(15-13)12-4-5-18-8-12/h4-5,8-11,17H,6-7H2,1-3H3. The van der Waals surface area contributed by atoms with E-state index in [4.69, 9.17) is 4.42 Å². The van der Waals surface area contributed by atoms with Crippen LogP contribution in [0.2, 0.25) is 0 Å². The summed E-state index contributed by atoms with van der Waals surface area (Å²) in [6.07, 6.45) is 3.04. The van der Waals surface area contributed by atoms with Crippen LogP contribution in [0.3, 0.4) is 0 Å². The second-order valence-electron chi connectivity index (χ2n) is 5.03. The fraction of sp³-hybridized carbons (Fsp3) is 0.500. The van der Waals surface area contributed by atoms with Crippen molar-refractivity contribution < 1.29 is 9.52 Å². The molecule has 1 atom stereocenters. The van der Waals surface area contributed by atoms with Crippen molar-refractivity contribution in [1.82, 2.24) is 9.88 Å². The molecule has 2 heterocycles. The fourth-order valence-corrected chi connectivity index (χ4v) is 2.70.